The first-order chi connectivity index (χ1) is 14.1. The molecule has 2 aromatic carbocycles. The van der Waals surface area contributed by atoms with Crippen LogP contribution in [-0.2, 0) is 14.4 Å². The zero-order valence-corrected chi connectivity index (χ0v) is 15.7. The second-order valence-corrected chi connectivity index (χ2v) is 6.55. The summed E-state index contributed by atoms with van der Waals surface area (Å²) in [7, 11) is 0. The Labute approximate surface area is 166 Å². The van der Waals surface area contributed by atoms with Crippen molar-refractivity contribution < 1.29 is 19.1 Å². The molecule has 9 nitrogen and oxygen atoms in total. The normalized spacial score (nSPS) is 20.2. The van der Waals surface area contributed by atoms with Crippen LogP contribution in [-0.4, -0.2) is 48.0 Å². The lowest BCUT2D eigenvalue weighted by Gasteiger charge is -2.20. The van der Waals surface area contributed by atoms with Gasteiger partial charge in [-0.3, -0.25) is 19.4 Å². The van der Waals surface area contributed by atoms with Crippen molar-refractivity contribution in [2.24, 2.45) is 10.3 Å². The quantitative estimate of drug-likeness (QED) is 0.756. The molecule has 0 unspecified atom stereocenters. The Balaban J connectivity index is 1.47. The van der Waals surface area contributed by atoms with Gasteiger partial charge < -0.3 is 10.1 Å². The Morgan fingerprint density at radius 1 is 1.07 bits per heavy atom. The molecule has 0 bridgehead atoms. The topological polar surface area (TPSA) is 104 Å². The van der Waals surface area contributed by atoms with Crippen molar-refractivity contribution in [3.8, 4) is 5.75 Å². The minimum absolute atomic E-state index is 0.185. The van der Waals surface area contributed by atoms with Gasteiger partial charge in [0, 0.05) is 5.69 Å². The minimum Gasteiger partial charge on any atom is -0.494 e. The van der Waals surface area contributed by atoms with Gasteiger partial charge in [-0.05, 0) is 43.3 Å². The van der Waals surface area contributed by atoms with E-state index in [-0.39, 0.29) is 12.5 Å². The summed E-state index contributed by atoms with van der Waals surface area (Å²) >= 11 is 0. The number of carbonyl (C=O) groups excluding carboxylic acids is 3. The van der Waals surface area contributed by atoms with Gasteiger partial charge in [0.1, 0.15) is 12.3 Å². The predicted octanol–water partition coefficient (Wildman–Crippen LogP) is 2.02. The van der Waals surface area contributed by atoms with Crippen LogP contribution < -0.4 is 15.0 Å². The number of imide groups is 1. The average molecular weight is 393 g/mol. The monoisotopic (exact) mass is 393 g/mol. The van der Waals surface area contributed by atoms with E-state index in [9.17, 15) is 14.4 Å². The fourth-order valence-electron chi connectivity index (χ4n) is 3.34. The first-order valence-corrected chi connectivity index (χ1v) is 9.21. The maximum Gasteiger partial charge on any atom is 0.263 e. The first kappa shape index (κ1) is 18.6. The number of para-hydroxylation sites is 1. The average Bonchev–Trinajstić information content (AvgIpc) is 3.23. The van der Waals surface area contributed by atoms with E-state index in [4.69, 9.17) is 4.74 Å². The van der Waals surface area contributed by atoms with Crippen LogP contribution in [0.5, 0.6) is 5.75 Å². The molecule has 0 saturated carbocycles. The van der Waals surface area contributed by atoms with Crippen molar-refractivity contribution in [3.05, 3.63) is 54.6 Å². The SMILES string of the molecule is CCOc1ccc(N2C(=O)[C@H]3N=NN(CC(=O)Nc4ccccc4)[C@H]3C2=O)cc1. The highest BCUT2D eigenvalue weighted by molar-refractivity contribution is 6.25. The summed E-state index contributed by atoms with van der Waals surface area (Å²) in [6.07, 6.45) is 0. The highest BCUT2D eigenvalue weighted by Crippen LogP contribution is 2.32. The summed E-state index contributed by atoms with van der Waals surface area (Å²) < 4.78 is 5.39. The van der Waals surface area contributed by atoms with Gasteiger partial charge in [-0.1, -0.05) is 23.4 Å². The molecule has 3 amide bonds. The summed E-state index contributed by atoms with van der Waals surface area (Å²) in [6.45, 7) is 2.21. The van der Waals surface area contributed by atoms with Crippen LogP contribution in [0.1, 0.15) is 6.92 Å². The molecule has 2 aliphatic heterocycles. The van der Waals surface area contributed by atoms with E-state index < -0.39 is 23.9 Å². The molecule has 2 aliphatic rings. The number of nitrogens with one attached hydrogen (secondary N) is 1. The Morgan fingerprint density at radius 3 is 2.48 bits per heavy atom. The molecule has 148 valence electrons. The fraction of sp³-hybridized carbons (Fsp3) is 0.250. The molecule has 0 aromatic heterocycles. The third-order valence-electron chi connectivity index (χ3n) is 4.63. The van der Waals surface area contributed by atoms with E-state index in [1.807, 2.05) is 13.0 Å². The van der Waals surface area contributed by atoms with Crippen molar-refractivity contribution in [1.82, 2.24) is 5.01 Å². The molecular formula is C20H19N5O4. The molecule has 0 aliphatic carbocycles. The van der Waals surface area contributed by atoms with Gasteiger partial charge >= 0.3 is 0 Å². The molecule has 0 radical (unpaired) electrons. The van der Waals surface area contributed by atoms with Gasteiger partial charge in [-0.2, -0.15) is 5.11 Å². The predicted molar refractivity (Wildman–Crippen MR) is 104 cm³/mol. The maximum absolute atomic E-state index is 12.9. The lowest BCUT2D eigenvalue weighted by atomic mass is 10.1. The van der Waals surface area contributed by atoms with Crippen LogP contribution in [0.2, 0.25) is 0 Å². The first-order valence-electron chi connectivity index (χ1n) is 9.21. The van der Waals surface area contributed by atoms with Crippen molar-refractivity contribution >= 4 is 29.1 Å². The summed E-state index contributed by atoms with van der Waals surface area (Å²) in [5.41, 5.74) is 1.07. The van der Waals surface area contributed by atoms with Crippen LogP contribution in [0.15, 0.2) is 64.9 Å². The molecule has 4 rings (SSSR count). The van der Waals surface area contributed by atoms with Gasteiger partial charge in [0.2, 0.25) is 5.91 Å². The largest absolute Gasteiger partial charge is 0.494 e. The molecular weight excluding hydrogens is 374 g/mol. The number of nitrogens with zero attached hydrogens (tertiary/aromatic N) is 4. The van der Waals surface area contributed by atoms with Crippen molar-refractivity contribution in [3.63, 3.8) is 0 Å². The third kappa shape index (κ3) is 3.54. The van der Waals surface area contributed by atoms with Crippen LogP contribution >= 0.6 is 0 Å². The molecule has 1 N–H and O–H groups in total. The molecule has 1 saturated heterocycles. The Bertz CT molecular complexity index is 961. The smallest absolute Gasteiger partial charge is 0.263 e. The number of fused-ring (bicyclic) bond motifs is 1. The molecule has 2 heterocycles. The van der Waals surface area contributed by atoms with E-state index in [1.165, 1.54) is 5.01 Å². The molecule has 29 heavy (non-hydrogen) atoms. The van der Waals surface area contributed by atoms with Crippen LogP contribution in [0.25, 0.3) is 0 Å². The fourth-order valence-corrected chi connectivity index (χ4v) is 3.34. The van der Waals surface area contributed by atoms with Crippen LogP contribution in [0, 0.1) is 0 Å². The molecule has 2 aromatic rings. The Morgan fingerprint density at radius 2 is 1.79 bits per heavy atom. The standard InChI is InChI=1S/C20H19N5O4/c1-2-29-15-10-8-14(9-11-15)25-19(27)17-18(20(25)28)24(23-22-17)12-16(26)21-13-6-4-3-5-7-13/h3-11,17-18H,2,12H2,1H3,(H,21,26)/t17-,18+/m0/s1. The Hall–Kier alpha value is -3.75. The number of benzene rings is 2. The van der Waals surface area contributed by atoms with E-state index in [1.54, 1.807) is 48.5 Å². The minimum atomic E-state index is -0.946. The highest BCUT2D eigenvalue weighted by atomic mass is 16.5. The molecule has 2 atom stereocenters. The number of ether oxygens (including phenoxy) is 1. The van der Waals surface area contributed by atoms with Crippen LogP contribution in [0.3, 0.4) is 0 Å². The molecule has 1 fully saturated rings. The van der Waals surface area contributed by atoms with Gasteiger partial charge in [0.05, 0.1) is 12.3 Å². The molecule has 9 heteroatoms. The third-order valence-corrected chi connectivity index (χ3v) is 4.63. The number of hydrogen-bond donors (Lipinski definition) is 1. The highest BCUT2D eigenvalue weighted by Gasteiger charge is 2.55. The lowest BCUT2D eigenvalue weighted by molar-refractivity contribution is -0.123. The van der Waals surface area contributed by atoms with Gasteiger partial charge in [-0.15, -0.1) is 0 Å². The zero-order chi connectivity index (χ0) is 20.4. The molecule has 0 spiro atoms. The van der Waals surface area contributed by atoms with Gasteiger partial charge in [0.25, 0.3) is 11.8 Å². The number of hydrogen-bond acceptors (Lipinski definition) is 7. The lowest BCUT2D eigenvalue weighted by Crippen LogP contribution is -2.43. The summed E-state index contributed by atoms with van der Waals surface area (Å²) in [5, 5.41) is 11.8. The number of anilines is 2. The Kier molecular flexibility index (Phi) is 4.94. The van der Waals surface area contributed by atoms with Crippen molar-refractivity contribution in [1.29, 1.82) is 0 Å². The van der Waals surface area contributed by atoms with E-state index in [0.29, 0.717) is 23.7 Å². The second kappa shape index (κ2) is 7.70. The van der Waals surface area contributed by atoms with E-state index in [2.05, 4.69) is 15.7 Å². The number of rotatable bonds is 6. The number of carbonyl (C=O) groups is 3. The zero-order valence-electron chi connectivity index (χ0n) is 15.7. The van der Waals surface area contributed by atoms with Gasteiger partial charge in [-0.25, -0.2) is 4.90 Å². The van der Waals surface area contributed by atoms with E-state index >= 15 is 0 Å². The van der Waals surface area contributed by atoms with Crippen LogP contribution in [0.4, 0.5) is 11.4 Å². The summed E-state index contributed by atoms with van der Waals surface area (Å²) in [6, 6.07) is 13.8. The van der Waals surface area contributed by atoms with E-state index in [0.717, 1.165) is 4.90 Å². The van der Waals surface area contributed by atoms with Crippen molar-refractivity contribution in [2.45, 2.75) is 19.0 Å². The summed E-state index contributed by atoms with van der Waals surface area (Å²) in [4.78, 5) is 39.1. The second-order valence-electron chi connectivity index (χ2n) is 6.55. The number of amides is 3. The van der Waals surface area contributed by atoms with Gasteiger partial charge in [0.15, 0.2) is 12.1 Å². The van der Waals surface area contributed by atoms with Crippen molar-refractivity contribution in [2.75, 3.05) is 23.4 Å². The maximum atomic E-state index is 12.9. The summed E-state index contributed by atoms with van der Waals surface area (Å²) in [5.74, 6) is -0.620.